The number of aryl methyl sites for hydroxylation is 1. The molecule has 0 aliphatic carbocycles. The molecule has 0 aliphatic rings. The van der Waals surface area contributed by atoms with Gasteiger partial charge in [0, 0.05) is 29.2 Å². The fourth-order valence-corrected chi connectivity index (χ4v) is 1.96. The predicted molar refractivity (Wildman–Crippen MR) is 75.2 cm³/mol. The summed E-state index contributed by atoms with van der Waals surface area (Å²) in [4.78, 5) is 8.57. The van der Waals surface area contributed by atoms with E-state index in [0.717, 1.165) is 22.4 Å². The van der Waals surface area contributed by atoms with Gasteiger partial charge in [0.05, 0.1) is 12.8 Å². The highest BCUT2D eigenvalue weighted by atomic mass is 16.3. The van der Waals surface area contributed by atoms with Gasteiger partial charge in [0.1, 0.15) is 0 Å². The van der Waals surface area contributed by atoms with Crippen LogP contribution < -0.4 is 0 Å². The average molecular weight is 266 g/mol. The van der Waals surface area contributed by atoms with Crippen molar-refractivity contribution in [1.29, 1.82) is 0 Å². The van der Waals surface area contributed by atoms with Gasteiger partial charge in [-0.2, -0.15) is 5.10 Å². The summed E-state index contributed by atoms with van der Waals surface area (Å²) in [6, 6.07) is 10.0. The van der Waals surface area contributed by atoms with E-state index in [2.05, 4.69) is 15.1 Å². The molecule has 0 spiro atoms. The molecule has 2 aromatic heterocycles. The van der Waals surface area contributed by atoms with Crippen LogP contribution in [0, 0.1) is 6.92 Å². The molecule has 1 N–H and O–H groups in total. The molecule has 0 saturated heterocycles. The standard InChI is InChI=1S/C15H14N4O/c1-11-14(10-20)7-16-15(18-11)19-9-13(8-17-19)12-5-3-2-4-6-12/h2-9,20H,10H2,1H3. The van der Waals surface area contributed by atoms with Crippen molar-refractivity contribution in [1.82, 2.24) is 19.7 Å². The molecule has 0 atom stereocenters. The maximum Gasteiger partial charge on any atom is 0.250 e. The Hall–Kier alpha value is -2.53. The van der Waals surface area contributed by atoms with E-state index in [1.54, 1.807) is 17.1 Å². The molecule has 3 rings (SSSR count). The molecule has 0 aliphatic heterocycles. The number of aromatic nitrogens is 4. The molecule has 100 valence electrons. The van der Waals surface area contributed by atoms with Gasteiger partial charge in [-0.05, 0) is 12.5 Å². The summed E-state index contributed by atoms with van der Waals surface area (Å²) < 4.78 is 1.64. The molecular formula is C15H14N4O. The maximum atomic E-state index is 9.13. The van der Waals surface area contributed by atoms with Gasteiger partial charge in [0.15, 0.2) is 0 Å². The normalized spacial score (nSPS) is 10.7. The number of nitrogens with zero attached hydrogens (tertiary/aromatic N) is 4. The molecule has 0 fully saturated rings. The van der Waals surface area contributed by atoms with Gasteiger partial charge in [-0.1, -0.05) is 30.3 Å². The molecule has 0 radical (unpaired) electrons. The summed E-state index contributed by atoms with van der Waals surface area (Å²) in [5.74, 6) is 0.502. The molecule has 2 heterocycles. The quantitative estimate of drug-likeness (QED) is 0.788. The Morgan fingerprint density at radius 3 is 2.60 bits per heavy atom. The lowest BCUT2D eigenvalue weighted by atomic mass is 10.1. The van der Waals surface area contributed by atoms with E-state index in [1.807, 2.05) is 43.5 Å². The Morgan fingerprint density at radius 2 is 1.90 bits per heavy atom. The summed E-state index contributed by atoms with van der Waals surface area (Å²) >= 11 is 0. The highest BCUT2D eigenvalue weighted by molar-refractivity contribution is 5.61. The number of hydrogen-bond donors (Lipinski definition) is 1. The highest BCUT2D eigenvalue weighted by Gasteiger charge is 2.07. The first-order valence-corrected chi connectivity index (χ1v) is 6.32. The van der Waals surface area contributed by atoms with Crippen molar-refractivity contribution in [2.75, 3.05) is 0 Å². The molecular weight excluding hydrogens is 252 g/mol. The van der Waals surface area contributed by atoms with Gasteiger partial charge in [0.25, 0.3) is 5.95 Å². The lowest BCUT2D eigenvalue weighted by molar-refractivity contribution is 0.280. The molecule has 3 aromatic rings. The van der Waals surface area contributed by atoms with Crippen molar-refractivity contribution >= 4 is 0 Å². The smallest absolute Gasteiger partial charge is 0.250 e. The average Bonchev–Trinajstić information content (AvgIpc) is 2.98. The van der Waals surface area contributed by atoms with E-state index < -0.39 is 0 Å². The van der Waals surface area contributed by atoms with Crippen LogP contribution in [0.1, 0.15) is 11.3 Å². The van der Waals surface area contributed by atoms with Crippen molar-refractivity contribution in [3.63, 3.8) is 0 Å². The van der Waals surface area contributed by atoms with Crippen LogP contribution in [0.2, 0.25) is 0 Å². The summed E-state index contributed by atoms with van der Waals surface area (Å²) in [7, 11) is 0. The zero-order chi connectivity index (χ0) is 13.9. The van der Waals surface area contributed by atoms with Gasteiger partial charge in [-0.3, -0.25) is 0 Å². The third-order valence-electron chi connectivity index (χ3n) is 3.13. The molecule has 0 bridgehead atoms. The molecule has 1 aromatic carbocycles. The Labute approximate surface area is 116 Å². The Morgan fingerprint density at radius 1 is 1.10 bits per heavy atom. The SMILES string of the molecule is Cc1nc(-n2cc(-c3ccccc3)cn2)ncc1CO. The van der Waals surface area contributed by atoms with Crippen molar-refractivity contribution < 1.29 is 5.11 Å². The number of aliphatic hydroxyl groups is 1. The predicted octanol–water partition coefficient (Wildman–Crippen LogP) is 2.13. The molecule has 0 unspecified atom stereocenters. The lowest BCUT2D eigenvalue weighted by Crippen LogP contribution is -2.05. The minimum absolute atomic E-state index is 0.0551. The van der Waals surface area contributed by atoms with Crippen LogP contribution in [-0.2, 0) is 6.61 Å². The largest absolute Gasteiger partial charge is 0.392 e. The van der Waals surface area contributed by atoms with Gasteiger partial charge in [0.2, 0.25) is 0 Å². The zero-order valence-electron chi connectivity index (χ0n) is 11.1. The first-order chi connectivity index (χ1) is 9.78. The monoisotopic (exact) mass is 266 g/mol. The van der Waals surface area contributed by atoms with E-state index in [0.29, 0.717) is 5.95 Å². The van der Waals surface area contributed by atoms with E-state index in [9.17, 15) is 0 Å². The summed E-state index contributed by atoms with van der Waals surface area (Å²) in [5.41, 5.74) is 3.60. The van der Waals surface area contributed by atoms with Crippen molar-refractivity contribution in [2.24, 2.45) is 0 Å². The number of benzene rings is 1. The van der Waals surface area contributed by atoms with E-state index in [-0.39, 0.29) is 6.61 Å². The van der Waals surface area contributed by atoms with Crippen molar-refractivity contribution in [3.8, 4) is 17.1 Å². The highest BCUT2D eigenvalue weighted by Crippen LogP contribution is 2.18. The maximum absolute atomic E-state index is 9.13. The topological polar surface area (TPSA) is 63.8 Å². The number of rotatable bonds is 3. The van der Waals surface area contributed by atoms with Crippen LogP contribution in [0.5, 0.6) is 0 Å². The van der Waals surface area contributed by atoms with Gasteiger partial charge < -0.3 is 5.11 Å². The molecule has 5 heteroatoms. The minimum Gasteiger partial charge on any atom is -0.392 e. The van der Waals surface area contributed by atoms with Gasteiger partial charge in [-0.15, -0.1) is 0 Å². The number of aliphatic hydroxyl groups excluding tert-OH is 1. The summed E-state index contributed by atoms with van der Waals surface area (Å²) in [6.45, 7) is 1.79. The second-order valence-corrected chi connectivity index (χ2v) is 4.48. The first-order valence-electron chi connectivity index (χ1n) is 6.32. The van der Waals surface area contributed by atoms with E-state index in [1.165, 1.54) is 0 Å². The van der Waals surface area contributed by atoms with Crippen LogP contribution in [0.15, 0.2) is 48.9 Å². The second-order valence-electron chi connectivity index (χ2n) is 4.48. The Kier molecular flexibility index (Phi) is 3.26. The molecule has 20 heavy (non-hydrogen) atoms. The fourth-order valence-electron chi connectivity index (χ4n) is 1.96. The molecule has 0 saturated carbocycles. The van der Waals surface area contributed by atoms with Crippen molar-refractivity contribution in [2.45, 2.75) is 13.5 Å². The lowest BCUT2D eigenvalue weighted by Gasteiger charge is -2.04. The third kappa shape index (κ3) is 2.31. The second kappa shape index (κ2) is 5.22. The fraction of sp³-hybridized carbons (Fsp3) is 0.133. The van der Waals surface area contributed by atoms with Crippen LogP contribution in [0.25, 0.3) is 17.1 Å². The van der Waals surface area contributed by atoms with E-state index >= 15 is 0 Å². The van der Waals surface area contributed by atoms with Crippen LogP contribution in [0.3, 0.4) is 0 Å². The minimum atomic E-state index is -0.0551. The Bertz CT molecular complexity index is 722. The van der Waals surface area contributed by atoms with Crippen LogP contribution >= 0.6 is 0 Å². The molecule has 0 amide bonds. The van der Waals surface area contributed by atoms with Crippen LogP contribution in [0.4, 0.5) is 0 Å². The summed E-state index contributed by atoms with van der Waals surface area (Å²) in [5, 5.41) is 13.4. The number of hydrogen-bond acceptors (Lipinski definition) is 4. The first kappa shape index (κ1) is 12.5. The Balaban J connectivity index is 1.96. The molecule has 5 nitrogen and oxygen atoms in total. The van der Waals surface area contributed by atoms with Gasteiger partial charge >= 0.3 is 0 Å². The third-order valence-corrected chi connectivity index (χ3v) is 3.13. The van der Waals surface area contributed by atoms with Gasteiger partial charge in [-0.25, -0.2) is 14.6 Å². The summed E-state index contributed by atoms with van der Waals surface area (Å²) in [6.07, 6.45) is 5.30. The van der Waals surface area contributed by atoms with E-state index in [4.69, 9.17) is 5.11 Å². The zero-order valence-corrected chi connectivity index (χ0v) is 11.1. The van der Waals surface area contributed by atoms with Crippen LogP contribution in [-0.4, -0.2) is 24.9 Å². The van der Waals surface area contributed by atoms with Crippen molar-refractivity contribution in [3.05, 3.63) is 60.2 Å².